The standard InChI is InChI=1S/C30H41N3O4/c1-8-21(4)25(32-29(36)37-30(5,6)7)28(35)33(10-3)26(24-18-14-17-22(9-2)19-24)27(34)31-20-23-15-12-11-13-16-23/h9,11-19,21,25-26H,2,8,10,20H2,1,3-7H3,(H,31,34)(H,32,36). The number of benzene rings is 2. The highest BCUT2D eigenvalue weighted by Crippen LogP contribution is 2.25. The molecule has 0 radical (unpaired) electrons. The third-order valence-corrected chi connectivity index (χ3v) is 6.11. The molecule has 2 aromatic rings. The van der Waals surface area contributed by atoms with Crippen LogP contribution >= 0.6 is 0 Å². The molecule has 0 aliphatic rings. The van der Waals surface area contributed by atoms with Gasteiger partial charge in [0.2, 0.25) is 11.8 Å². The first kappa shape index (κ1) is 29.6. The zero-order chi connectivity index (χ0) is 27.6. The molecule has 0 fully saturated rings. The Morgan fingerprint density at radius 3 is 2.30 bits per heavy atom. The van der Waals surface area contributed by atoms with E-state index in [2.05, 4.69) is 17.2 Å². The van der Waals surface area contributed by atoms with Gasteiger partial charge in [-0.1, -0.05) is 81.5 Å². The largest absolute Gasteiger partial charge is 0.444 e. The summed E-state index contributed by atoms with van der Waals surface area (Å²) in [7, 11) is 0. The SMILES string of the molecule is C=Cc1cccc(C(C(=O)NCc2ccccc2)N(CC)C(=O)C(NC(=O)OC(C)(C)C)C(C)CC)c1. The molecule has 0 heterocycles. The maximum atomic E-state index is 14.0. The van der Waals surface area contributed by atoms with Crippen molar-refractivity contribution in [2.75, 3.05) is 6.54 Å². The molecule has 0 aromatic heterocycles. The van der Waals surface area contributed by atoms with Crippen molar-refractivity contribution in [2.45, 2.75) is 72.2 Å². The number of carbonyl (C=O) groups excluding carboxylic acids is 3. The van der Waals surface area contributed by atoms with Crippen LogP contribution in [0.3, 0.4) is 0 Å². The van der Waals surface area contributed by atoms with Gasteiger partial charge in [0.25, 0.3) is 0 Å². The minimum Gasteiger partial charge on any atom is -0.444 e. The Kier molecular flexibility index (Phi) is 10.9. The number of nitrogens with zero attached hydrogens (tertiary/aromatic N) is 1. The Morgan fingerprint density at radius 2 is 1.73 bits per heavy atom. The van der Waals surface area contributed by atoms with E-state index in [0.717, 1.165) is 11.1 Å². The fraction of sp³-hybridized carbons (Fsp3) is 0.433. The molecule has 2 rings (SSSR count). The van der Waals surface area contributed by atoms with E-state index >= 15 is 0 Å². The highest BCUT2D eigenvalue weighted by Gasteiger charge is 2.37. The van der Waals surface area contributed by atoms with Crippen molar-refractivity contribution in [3.8, 4) is 0 Å². The summed E-state index contributed by atoms with van der Waals surface area (Å²) in [6.07, 6.45) is 1.69. The Hall–Kier alpha value is -3.61. The van der Waals surface area contributed by atoms with Gasteiger partial charge in [-0.05, 0) is 56.4 Å². The molecule has 0 saturated carbocycles. The first-order valence-electron chi connectivity index (χ1n) is 12.8. The number of amides is 3. The summed E-state index contributed by atoms with van der Waals surface area (Å²) in [5.74, 6) is -0.825. The lowest BCUT2D eigenvalue weighted by Gasteiger charge is -2.35. The van der Waals surface area contributed by atoms with Gasteiger partial charge in [0.1, 0.15) is 17.7 Å². The molecular formula is C30H41N3O4. The van der Waals surface area contributed by atoms with E-state index in [-0.39, 0.29) is 24.3 Å². The topological polar surface area (TPSA) is 87.7 Å². The second-order valence-electron chi connectivity index (χ2n) is 10.1. The van der Waals surface area contributed by atoms with E-state index < -0.39 is 23.8 Å². The first-order chi connectivity index (χ1) is 17.5. The summed E-state index contributed by atoms with van der Waals surface area (Å²) in [5, 5.41) is 5.75. The highest BCUT2D eigenvalue weighted by atomic mass is 16.6. The van der Waals surface area contributed by atoms with Crippen LogP contribution in [0.25, 0.3) is 6.08 Å². The predicted molar refractivity (Wildman–Crippen MR) is 148 cm³/mol. The van der Waals surface area contributed by atoms with E-state index in [0.29, 0.717) is 18.5 Å². The van der Waals surface area contributed by atoms with Crippen LogP contribution in [0.2, 0.25) is 0 Å². The van der Waals surface area contributed by atoms with Crippen LogP contribution in [0, 0.1) is 5.92 Å². The van der Waals surface area contributed by atoms with E-state index in [1.54, 1.807) is 26.8 Å². The van der Waals surface area contributed by atoms with Crippen LogP contribution in [0.5, 0.6) is 0 Å². The Balaban J connectivity index is 2.43. The molecule has 0 spiro atoms. The van der Waals surface area contributed by atoms with Gasteiger partial charge in [0, 0.05) is 13.1 Å². The summed E-state index contributed by atoms with van der Waals surface area (Å²) < 4.78 is 5.43. The molecule has 0 bridgehead atoms. The van der Waals surface area contributed by atoms with Gasteiger partial charge in [-0.25, -0.2) is 4.79 Å². The van der Waals surface area contributed by atoms with Gasteiger partial charge < -0.3 is 20.3 Å². The molecule has 0 aliphatic carbocycles. The van der Waals surface area contributed by atoms with Crippen LogP contribution in [-0.4, -0.2) is 41.0 Å². The number of hydrogen-bond acceptors (Lipinski definition) is 4. The average Bonchev–Trinajstić information content (AvgIpc) is 2.87. The minimum absolute atomic E-state index is 0.179. The second kappa shape index (κ2) is 13.6. The maximum Gasteiger partial charge on any atom is 0.408 e. The molecule has 3 amide bonds. The fourth-order valence-electron chi connectivity index (χ4n) is 3.97. The van der Waals surface area contributed by atoms with Crippen molar-refractivity contribution in [1.82, 2.24) is 15.5 Å². The molecule has 0 saturated heterocycles. The molecule has 37 heavy (non-hydrogen) atoms. The number of nitrogens with one attached hydrogen (secondary N) is 2. The van der Waals surface area contributed by atoms with Gasteiger partial charge in [-0.2, -0.15) is 0 Å². The predicted octanol–water partition coefficient (Wildman–Crippen LogP) is 5.48. The molecule has 3 unspecified atom stereocenters. The number of likely N-dealkylation sites (N-methyl/N-ethyl adjacent to an activating group) is 1. The lowest BCUT2D eigenvalue weighted by Crippen LogP contribution is -2.55. The van der Waals surface area contributed by atoms with Gasteiger partial charge in [-0.3, -0.25) is 9.59 Å². The average molecular weight is 508 g/mol. The van der Waals surface area contributed by atoms with Gasteiger partial charge in [-0.15, -0.1) is 0 Å². The molecule has 7 heteroatoms. The summed E-state index contributed by atoms with van der Waals surface area (Å²) in [6.45, 7) is 15.4. The summed E-state index contributed by atoms with van der Waals surface area (Å²) in [4.78, 5) is 41.8. The van der Waals surface area contributed by atoms with Crippen molar-refractivity contribution in [1.29, 1.82) is 0 Å². The summed E-state index contributed by atoms with van der Waals surface area (Å²) in [5.41, 5.74) is 1.75. The van der Waals surface area contributed by atoms with Gasteiger partial charge in [0.15, 0.2) is 0 Å². The summed E-state index contributed by atoms with van der Waals surface area (Å²) >= 11 is 0. The lowest BCUT2D eigenvalue weighted by atomic mass is 9.95. The normalized spacial score (nSPS) is 13.6. The number of hydrogen-bond donors (Lipinski definition) is 2. The quantitative estimate of drug-likeness (QED) is 0.422. The van der Waals surface area contributed by atoms with Crippen LogP contribution in [0.4, 0.5) is 4.79 Å². The molecule has 7 nitrogen and oxygen atoms in total. The Labute approximate surface area is 221 Å². The lowest BCUT2D eigenvalue weighted by molar-refractivity contribution is -0.143. The maximum absolute atomic E-state index is 14.0. The van der Waals surface area contributed by atoms with Crippen molar-refractivity contribution >= 4 is 24.0 Å². The molecule has 3 atom stereocenters. The number of alkyl carbamates (subject to hydrolysis) is 1. The van der Waals surface area contributed by atoms with E-state index in [1.807, 2.05) is 75.4 Å². The fourth-order valence-corrected chi connectivity index (χ4v) is 3.97. The molecule has 0 aliphatic heterocycles. The van der Waals surface area contributed by atoms with Gasteiger partial charge in [0.05, 0.1) is 0 Å². The third-order valence-electron chi connectivity index (χ3n) is 6.11. The van der Waals surface area contributed by atoms with Gasteiger partial charge >= 0.3 is 6.09 Å². The Morgan fingerprint density at radius 1 is 1.05 bits per heavy atom. The van der Waals surface area contributed by atoms with Crippen molar-refractivity contribution in [2.24, 2.45) is 5.92 Å². The number of ether oxygens (including phenoxy) is 1. The van der Waals surface area contributed by atoms with Crippen molar-refractivity contribution in [3.05, 3.63) is 77.9 Å². The smallest absolute Gasteiger partial charge is 0.408 e. The molecule has 200 valence electrons. The van der Waals surface area contributed by atoms with Crippen molar-refractivity contribution in [3.63, 3.8) is 0 Å². The van der Waals surface area contributed by atoms with Crippen LogP contribution in [0.15, 0.2) is 61.2 Å². The summed E-state index contributed by atoms with van der Waals surface area (Å²) in [6, 6.07) is 15.3. The van der Waals surface area contributed by atoms with Crippen LogP contribution < -0.4 is 10.6 Å². The minimum atomic E-state index is -0.895. The van der Waals surface area contributed by atoms with Crippen LogP contribution in [-0.2, 0) is 20.9 Å². The molecular weight excluding hydrogens is 466 g/mol. The first-order valence-corrected chi connectivity index (χ1v) is 12.8. The molecule has 2 N–H and O–H groups in total. The number of rotatable bonds is 11. The Bertz CT molecular complexity index is 1060. The zero-order valence-corrected chi connectivity index (χ0v) is 22.9. The second-order valence-corrected chi connectivity index (χ2v) is 10.1. The monoisotopic (exact) mass is 507 g/mol. The molecule has 2 aromatic carbocycles. The number of carbonyl (C=O) groups is 3. The van der Waals surface area contributed by atoms with Crippen LogP contribution in [0.1, 0.15) is 70.7 Å². The zero-order valence-electron chi connectivity index (χ0n) is 22.9. The van der Waals surface area contributed by atoms with E-state index in [4.69, 9.17) is 4.74 Å². The van der Waals surface area contributed by atoms with E-state index in [1.165, 1.54) is 4.90 Å². The van der Waals surface area contributed by atoms with E-state index in [9.17, 15) is 14.4 Å². The highest BCUT2D eigenvalue weighted by molar-refractivity contribution is 5.92. The third kappa shape index (κ3) is 8.77. The van der Waals surface area contributed by atoms with Crippen molar-refractivity contribution < 1.29 is 19.1 Å².